The van der Waals surface area contributed by atoms with Crippen LogP contribution < -0.4 is 4.74 Å². The van der Waals surface area contributed by atoms with Crippen LogP contribution in [0.3, 0.4) is 0 Å². The summed E-state index contributed by atoms with van der Waals surface area (Å²) in [6.07, 6.45) is 0. The third-order valence-corrected chi connectivity index (χ3v) is 2.37. The molecular formula is C13H15N3O3. The van der Waals surface area contributed by atoms with Gasteiger partial charge in [-0.05, 0) is 26.0 Å². The summed E-state index contributed by atoms with van der Waals surface area (Å²) >= 11 is 0. The number of esters is 1. The van der Waals surface area contributed by atoms with Crippen LogP contribution in [0.4, 0.5) is 0 Å². The zero-order valence-electron chi connectivity index (χ0n) is 10.9. The molecule has 0 N–H and O–H groups in total. The van der Waals surface area contributed by atoms with Crippen LogP contribution in [-0.2, 0) is 9.53 Å². The van der Waals surface area contributed by atoms with Crippen LogP contribution in [-0.4, -0.2) is 33.9 Å². The number of hydrogen-bond acceptors (Lipinski definition) is 5. The first kappa shape index (κ1) is 13.1. The van der Waals surface area contributed by atoms with E-state index in [0.717, 1.165) is 5.69 Å². The second-order valence-electron chi connectivity index (χ2n) is 3.78. The molecule has 0 atom stereocenters. The number of benzene rings is 1. The van der Waals surface area contributed by atoms with Crippen molar-refractivity contribution in [3.8, 4) is 11.7 Å². The number of nitrogens with zero attached hydrogens (tertiary/aromatic N) is 3. The van der Waals surface area contributed by atoms with Gasteiger partial charge in [-0.25, -0.2) is 9.48 Å². The van der Waals surface area contributed by atoms with Crippen molar-refractivity contribution in [1.82, 2.24) is 14.8 Å². The third-order valence-electron chi connectivity index (χ3n) is 2.37. The van der Waals surface area contributed by atoms with Gasteiger partial charge in [0.05, 0.1) is 12.3 Å². The molecule has 0 saturated carbocycles. The molecule has 0 aliphatic carbocycles. The summed E-state index contributed by atoms with van der Waals surface area (Å²) in [6.45, 7) is 3.70. The number of hydrogen-bond donors (Lipinski definition) is 0. The fourth-order valence-corrected chi connectivity index (χ4v) is 1.57. The molecule has 100 valence electrons. The fraction of sp³-hybridized carbons (Fsp3) is 0.308. The smallest absolute Gasteiger partial charge is 0.344 e. The molecule has 0 unspecified atom stereocenters. The van der Waals surface area contributed by atoms with E-state index in [0.29, 0.717) is 12.4 Å². The molecule has 0 saturated heterocycles. The predicted octanol–water partition coefficient (Wildman–Crippen LogP) is 1.52. The van der Waals surface area contributed by atoms with Gasteiger partial charge in [0.2, 0.25) is 0 Å². The van der Waals surface area contributed by atoms with Crippen LogP contribution in [0.2, 0.25) is 0 Å². The van der Waals surface area contributed by atoms with E-state index < -0.39 is 5.97 Å². The summed E-state index contributed by atoms with van der Waals surface area (Å²) in [5.41, 5.74) is 0.887. The Labute approximate surface area is 111 Å². The minimum atomic E-state index is -0.434. The average Bonchev–Trinajstić information content (AvgIpc) is 2.79. The molecule has 0 radical (unpaired) electrons. The van der Waals surface area contributed by atoms with E-state index >= 15 is 0 Å². The molecule has 19 heavy (non-hydrogen) atoms. The average molecular weight is 261 g/mol. The zero-order valence-corrected chi connectivity index (χ0v) is 10.9. The van der Waals surface area contributed by atoms with E-state index in [2.05, 4.69) is 10.1 Å². The Morgan fingerprint density at radius 2 is 2.05 bits per heavy atom. The van der Waals surface area contributed by atoms with E-state index in [9.17, 15) is 4.79 Å². The van der Waals surface area contributed by atoms with Crippen molar-refractivity contribution in [3.63, 3.8) is 0 Å². The van der Waals surface area contributed by atoms with E-state index in [4.69, 9.17) is 9.47 Å². The molecule has 0 aliphatic rings. The molecule has 0 fully saturated rings. The standard InChI is InChI=1S/C13H15N3O3/c1-3-18-12(17)9-19-13-14-10(2)16(15-13)11-7-5-4-6-8-11/h4-8H,3,9H2,1-2H3. The van der Waals surface area contributed by atoms with Gasteiger partial charge in [0.25, 0.3) is 0 Å². The van der Waals surface area contributed by atoms with Crippen LogP contribution in [0.5, 0.6) is 6.01 Å². The Morgan fingerprint density at radius 3 is 2.74 bits per heavy atom. The van der Waals surface area contributed by atoms with E-state index in [-0.39, 0.29) is 12.6 Å². The van der Waals surface area contributed by atoms with Crippen molar-refractivity contribution in [2.24, 2.45) is 0 Å². The lowest BCUT2D eigenvalue weighted by molar-refractivity contribution is -0.145. The summed E-state index contributed by atoms with van der Waals surface area (Å²) in [7, 11) is 0. The summed E-state index contributed by atoms with van der Waals surface area (Å²) in [5, 5.41) is 4.19. The highest BCUT2D eigenvalue weighted by molar-refractivity contribution is 5.70. The first-order valence-electron chi connectivity index (χ1n) is 5.98. The maximum absolute atomic E-state index is 11.2. The molecule has 1 heterocycles. The lowest BCUT2D eigenvalue weighted by Crippen LogP contribution is -2.15. The first-order chi connectivity index (χ1) is 9.20. The third kappa shape index (κ3) is 3.31. The molecule has 0 aliphatic heterocycles. The summed E-state index contributed by atoms with van der Waals surface area (Å²) in [5.74, 6) is 0.251. The molecule has 1 aromatic carbocycles. The van der Waals surface area contributed by atoms with Crippen molar-refractivity contribution < 1.29 is 14.3 Å². The van der Waals surface area contributed by atoms with Gasteiger partial charge >= 0.3 is 12.0 Å². The van der Waals surface area contributed by atoms with Crippen LogP contribution in [0.15, 0.2) is 30.3 Å². The SMILES string of the molecule is CCOC(=O)COc1nc(C)n(-c2ccccc2)n1. The summed E-state index contributed by atoms with van der Waals surface area (Å²) in [6, 6.07) is 9.74. The Hall–Kier alpha value is -2.37. The number of carbonyl (C=O) groups excluding carboxylic acids is 1. The van der Waals surface area contributed by atoms with Crippen LogP contribution in [0, 0.1) is 6.92 Å². The number of aromatic nitrogens is 3. The second kappa shape index (κ2) is 5.99. The fourth-order valence-electron chi connectivity index (χ4n) is 1.57. The minimum absolute atomic E-state index is 0.161. The van der Waals surface area contributed by atoms with Gasteiger partial charge in [0, 0.05) is 0 Å². The highest BCUT2D eigenvalue weighted by Crippen LogP contribution is 2.12. The molecule has 6 heteroatoms. The Morgan fingerprint density at radius 1 is 1.32 bits per heavy atom. The Balaban J connectivity index is 2.07. The van der Waals surface area contributed by atoms with Gasteiger partial charge in [-0.1, -0.05) is 18.2 Å². The first-order valence-corrected chi connectivity index (χ1v) is 5.98. The highest BCUT2D eigenvalue weighted by Gasteiger charge is 2.10. The largest absolute Gasteiger partial charge is 0.463 e. The lowest BCUT2D eigenvalue weighted by atomic mass is 10.3. The van der Waals surface area contributed by atoms with E-state index in [1.807, 2.05) is 37.3 Å². The second-order valence-corrected chi connectivity index (χ2v) is 3.78. The van der Waals surface area contributed by atoms with Gasteiger partial charge in [-0.2, -0.15) is 4.98 Å². The van der Waals surface area contributed by atoms with Crippen molar-refractivity contribution >= 4 is 5.97 Å². The maximum Gasteiger partial charge on any atom is 0.344 e. The van der Waals surface area contributed by atoms with E-state index in [1.54, 1.807) is 11.6 Å². The predicted molar refractivity (Wildman–Crippen MR) is 68.2 cm³/mol. The summed E-state index contributed by atoms with van der Waals surface area (Å²) < 4.78 is 11.6. The van der Waals surface area contributed by atoms with Crippen molar-refractivity contribution in [1.29, 1.82) is 0 Å². The van der Waals surface area contributed by atoms with Crippen molar-refractivity contribution in [3.05, 3.63) is 36.2 Å². The lowest BCUT2D eigenvalue weighted by Gasteiger charge is -2.02. The molecular weight excluding hydrogens is 246 g/mol. The minimum Gasteiger partial charge on any atom is -0.463 e. The molecule has 2 aromatic rings. The van der Waals surface area contributed by atoms with Crippen molar-refractivity contribution in [2.45, 2.75) is 13.8 Å². The molecule has 2 rings (SSSR count). The maximum atomic E-state index is 11.2. The Kier molecular flexibility index (Phi) is 4.12. The van der Waals surface area contributed by atoms with Crippen LogP contribution in [0.1, 0.15) is 12.7 Å². The number of aryl methyl sites for hydroxylation is 1. The van der Waals surface area contributed by atoms with Gasteiger partial charge < -0.3 is 9.47 Å². The molecule has 0 spiro atoms. The van der Waals surface area contributed by atoms with E-state index in [1.165, 1.54) is 0 Å². The number of carbonyl (C=O) groups is 1. The Bertz CT molecular complexity index is 552. The molecule has 1 aromatic heterocycles. The molecule has 6 nitrogen and oxygen atoms in total. The van der Waals surface area contributed by atoms with Gasteiger partial charge in [0.1, 0.15) is 5.82 Å². The van der Waals surface area contributed by atoms with Crippen LogP contribution >= 0.6 is 0 Å². The van der Waals surface area contributed by atoms with Gasteiger partial charge in [-0.3, -0.25) is 0 Å². The zero-order chi connectivity index (χ0) is 13.7. The monoisotopic (exact) mass is 261 g/mol. The topological polar surface area (TPSA) is 66.2 Å². The van der Waals surface area contributed by atoms with Gasteiger partial charge in [0.15, 0.2) is 6.61 Å². The summed E-state index contributed by atoms with van der Waals surface area (Å²) in [4.78, 5) is 15.3. The number of para-hydroxylation sites is 1. The normalized spacial score (nSPS) is 10.2. The number of rotatable bonds is 5. The highest BCUT2D eigenvalue weighted by atomic mass is 16.6. The quantitative estimate of drug-likeness (QED) is 0.763. The van der Waals surface area contributed by atoms with Gasteiger partial charge in [-0.15, -0.1) is 5.10 Å². The van der Waals surface area contributed by atoms with Crippen molar-refractivity contribution in [2.75, 3.05) is 13.2 Å². The molecule has 0 bridgehead atoms. The van der Waals surface area contributed by atoms with Crippen LogP contribution in [0.25, 0.3) is 5.69 Å². The molecule has 0 amide bonds. The number of ether oxygens (including phenoxy) is 2.